The van der Waals surface area contributed by atoms with Crippen LogP contribution in [0.25, 0.3) is 11.3 Å². The Kier molecular flexibility index (Phi) is 7.67. The molecule has 0 unspecified atom stereocenters. The summed E-state index contributed by atoms with van der Waals surface area (Å²) >= 11 is 1.58. The van der Waals surface area contributed by atoms with Crippen LogP contribution in [0.1, 0.15) is 59.2 Å². The van der Waals surface area contributed by atoms with E-state index in [-0.39, 0.29) is 30.3 Å². The second-order valence-corrected chi connectivity index (χ2v) is 12.3. The van der Waals surface area contributed by atoms with E-state index in [0.29, 0.717) is 16.9 Å². The quantitative estimate of drug-likeness (QED) is 0.386. The summed E-state index contributed by atoms with van der Waals surface area (Å²) < 4.78 is 6.27. The summed E-state index contributed by atoms with van der Waals surface area (Å²) in [5, 5.41) is 22.4. The number of carbonyl (C=O) groups is 2. The van der Waals surface area contributed by atoms with E-state index >= 15 is 0 Å². The van der Waals surface area contributed by atoms with E-state index in [1.54, 1.807) is 23.5 Å². The molecule has 1 saturated carbocycles. The van der Waals surface area contributed by atoms with E-state index < -0.39 is 5.97 Å². The minimum atomic E-state index is -0.665. The first-order valence-corrected chi connectivity index (χ1v) is 15.3. The molecular weight excluding hydrogens is 536 g/mol. The predicted octanol–water partition coefficient (Wildman–Crippen LogP) is 5.74. The lowest BCUT2D eigenvalue weighted by atomic mass is 9.85. The van der Waals surface area contributed by atoms with Crippen LogP contribution in [-0.2, 0) is 11.4 Å². The van der Waals surface area contributed by atoms with Gasteiger partial charge in [-0.2, -0.15) is 5.26 Å². The van der Waals surface area contributed by atoms with Gasteiger partial charge in [-0.3, -0.25) is 9.59 Å². The number of aromatic nitrogens is 1. The molecule has 3 aliphatic rings. The third kappa shape index (κ3) is 5.53. The number of carboxylic acids is 1. The highest BCUT2D eigenvalue weighted by Crippen LogP contribution is 2.44. The number of hydrogen-bond donors (Lipinski definition) is 1. The van der Waals surface area contributed by atoms with E-state index in [9.17, 15) is 20.0 Å². The average molecular weight is 571 g/mol. The maximum absolute atomic E-state index is 12.9. The normalized spacial score (nSPS) is 21.9. The van der Waals surface area contributed by atoms with Crippen LogP contribution in [-0.4, -0.2) is 53.0 Å². The van der Waals surface area contributed by atoms with Gasteiger partial charge >= 0.3 is 5.97 Å². The third-order valence-corrected chi connectivity index (χ3v) is 9.70. The number of carboxylic acid groups (broad SMARTS) is 1. The molecule has 1 N–H and O–H groups in total. The maximum atomic E-state index is 12.9. The van der Waals surface area contributed by atoms with Gasteiger partial charge in [-0.05, 0) is 75.1 Å². The first-order valence-electron chi connectivity index (χ1n) is 14.4. The Morgan fingerprint density at radius 2 is 1.85 bits per heavy atom. The average Bonchev–Trinajstić information content (AvgIpc) is 3.59. The summed E-state index contributed by atoms with van der Waals surface area (Å²) in [6, 6.07) is 13.5. The molecule has 2 saturated heterocycles. The zero-order valence-electron chi connectivity index (χ0n) is 23.2. The number of aliphatic carboxylic acids is 1. The van der Waals surface area contributed by atoms with Gasteiger partial charge in [0.05, 0.1) is 23.2 Å². The van der Waals surface area contributed by atoms with Gasteiger partial charge in [0, 0.05) is 48.2 Å². The number of fused-ring (bicyclic) bond motifs is 2. The molecule has 1 amide bonds. The van der Waals surface area contributed by atoms with Crippen molar-refractivity contribution in [2.24, 2.45) is 17.8 Å². The van der Waals surface area contributed by atoms with Crippen LogP contribution in [0.3, 0.4) is 0 Å². The number of aryl methyl sites for hydroxylation is 1. The van der Waals surface area contributed by atoms with Gasteiger partial charge in [0.25, 0.3) is 5.91 Å². The van der Waals surface area contributed by atoms with Gasteiger partial charge in [0.1, 0.15) is 12.4 Å². The van der Waals surface area contributed by atoms with Crippen LogP contribution in [0.2, 0.25) is 0 Å². The molecule has 2 bridgehead atoms. The molecule has 2 aromatic carbocycles. The SMILES string of the molecule is Cc1ccc(OCc2ccc(C(=O)N3CCCCC3)cc2C#N)c(-c2csc(N3C[C@H]4CC[C@@H](C3)[C@H]4C(=O)O)n2)c1. The predicted molar refractivity (Wildman–Crippen MR) is 157 cm³/mol. The molecule has 9 heteroatoms. The van der Waals surface area contributed by atoms with Crippen LogP contribution in [0.15, 0.2) is 41.8 Å². The Hall–Kier alpha value is -3.90. The van der Waals surface area contributed by atoms with E-state index in [2.05, 4.69) is 17.0 Å². The van der Waals surface area contributed by atoms with Crippen LogP contribution in [0, 0.1) is 36.0 Å². The lowest BCUT2D eigenvalue weighted by molar-refractivity contribution is -0.144. The molecule has 6 rings (SSSR count). The molecule has 2 aliphatic heterocycles. The number of nitriles is 1. The van der Waals surface area contributed by atoms with Crippen molar-refractivity contribution in [1.82, 2.24) is 9.88 Å². The molecule has 3 fully saturated rings. The Labute approximate surface area is 244 Å². The maximum Gasteiger partial charge on any atom is 0.307 e. The molecule has 0 radical (unpaired) electrons. The number of piperidine rings is 2. The number of hydrogen-bond acceptors (Lipinski definition) is 7. The van der Waals surface area contributed by atoms with Crippen LogP contribution in [0.5, 0.6) is 5.75 Å². The molecule has 8 nitrogen and oxygen atoms in total. The molecule has 0 spiro atoms. The number of ether oxygens (including phenoxy) is 1. The number of likely N-dealkylation sites (tertiary alicyclic amines) is 1. The summed E-state index contributed by atoms with van der Waals surface area (Å²) in [4.78, 5) is 33.8. The summed E-state index contributed by atoms with van der Waals surface area (Å²) in [5.41, 5.74) is 4.49. The molecule has 3 heterocycles. The van der Waals surface area contributed by atoms with E-state index in [1.165, 1.54) is 0 Å². The fraction of sp³-hybridized carbons (Fsp3) is 0.438. The Morgan fingerprint density at radius 1 is 1.10 bits per heavy atom. The molecule has 3 aromatic rings. The summed E-state index contributed by atoms with van der Waals surface area (Å²) in [7, 11) is 0. The van der Waals surface area contributed by atoms with E-state index in [1.807, 2.05) is 35.4 Å². The molecule has 1 aliphatic carbocycles. The van der Waals surface area contributed by atoms with Crippen molar-refractivity contribution >= 4 is 28.3 Å². The van der Waals surface area contributed by atoms with Crippen molar-refractivity contribution in [3.63, 3.8) is 0 Å². The highest BCUT2D eigenvalue weighted by molar-refractivity contribution is 7.14. The lowest BCUT2D eigenvalue weighted by Gasteiger charge is -2.35. The van der Waals surface area contributed by atoms with Crippen molar-refractivity contribution in [1.29, 1.82) is 5.26 Å². The monoisotopic (exact) mass is 570 g/mol. The molecule has 41 heavy (non-hydrogen) atoms. The molecule has 212 valence electrons. The van der Waals surface area contributed by atoms with Crippen LogP contribution < -0.4 is 9.64 Å². The summed E-state index contributed by atoms with van der Waals surface area (Å²) in [6.45, 7) is 5.21. The van der Waals surface area contributed by atoms with E-state index in [0.717, 1.165) is 85.8 Å². The Morgan fingerprint density at radius 3 is 2.56 bits per heavy atom. The van der Waals surface area contributed by atoms with Gasteiger partial charge in [0.2, 0.25) is 0 Å². The summed E-state index contributed by atoms with van der Waals surface area (Å²) in [5.74, 6) is 0.0992. The number of benzene rings is 2. The second kappa shape index (κ2) is 11.5. The van der Waals surface area contributed by atoms with Crippen molar-refractivity contribution in [2.45, 2.75) is 45.6 Å². The van der Waals surface area contributed by atoms with Crippen molar-refractivity contribution in [3.8, 4) is 23.1 Å². The molecular formula is C32H34N4O4S. The van der Waals surface area contributed by atoms with Crippen molar-refractivity contribution in [3.05, 3.63) is 64.0 Å². The number of anilines is 1. The van der Waals surface area contributed by atoms with Gasteiger partial charge in [0.15, 0.2) is 5.13 Å². The highest BCUT2D eigenvalue weighted by Gasteiger charge is 2.46. The zero-order chi connectivity index (χ0) is 28.5. The fourth-order valence-electron chi connectivity index (χ4n) is 6.66. The largest absolute Gasteiger partial charge is 0.488 e. The van der Waals surface area contributed by atoms with Gasteiger partial charge in [-0.25, -0.2) is 4.98 Å². The molecule has 1 aromatic heterocycles. The number of amides is 1. The van der Waals surface area contributed by atoms with E-state index in [4.69, 9.17) is 9.72 Å². The lowest BCUT2D eigenvalue weighted by Crippen LogP contribution is -2.44. The topological polar surface area (TPSA) is 107 Å². The van der Waals surface area contributed by atoms with Crippen molar-refractivity contribution < 1.29 is 19.4 Å². The smallest absolute Gasteiger partial charge is 0.307 e. The fourth-order valence-corrected chi connectivity index (χ4v) is 7.51. The van der Waals surface area contributed by atoms with Crippen LogP contribution >= 0.6 is 11.3 Å². The summed E-state index contributed by atoms with van der Waals surface area (Å²) in [6.07, 6.45) is 5.12. The first kappa shape index (κ1) is 27.3. The second-order valence-electron chi connectivity index (χ2n) is 11.5. The Bertz CT molecular complexity index is 1490. The first-order chi connectivity index (χ1) is 19.9. The Balaban J connectivity index is 1.18. The number of thiazole rings is 1. The standard InChI is InChI=1S/C32H34N4O4S/c1-20-5-10-28(40-18-24-9-6-21(14-25(24)15-33)30(37)35-11-3-2-4-12-35)26(13-20)27-19-41-32(34-27)36-16-22-7-8-23(17-36)29(22)31(38)39/h5-6,9-10,13-14,19,22-23,29H,2-4,7-8,11-12,16-18H2,1H3,(H,38,39)/t22-,23+,29+. The highest BCUT2D eigenvalue weighted by atomic mass is 32.1. The van der Waals surface area contributed by atoms with Crippen molar-refractivity contribution in [2.75, 3.05) is 31.1 Å². The minimum absolute atomic E-state index is 0.0194. The third-order valence-electron chi connectivity index (χ3n) is 8.80. The van der Waals surface area contributed by atoms with Gasteiger partial charge in [-0.1, -0.05) is 17.7 Å². The van der Waals surface area contributed by atoms with Gasteiger partial charge in [-0.15, -0.1) is 11.3 Å². The number of rotatable bonds is 7. The number of nitrogens with zero attached hydrogens (tertiary/aromatic N) is 4. The zero-order valence-corrected chi connectivity index (χ0v) is 24.0. The minimum Gasteiger partial charge on any atom is -0.488 e. The molecule has 3 atom stereocenters. The van der Waals surface area contributed by atoms with Gasteiger partial charge < -0.3 is 19.6 Å². The number of carbonyl (C=O) groups excluding carboxylic acids is 1. The van der Waals surface area contributed by atoms with Crippen LogP contribution in [0.4, 0.5) is 5.13 Å².